The highest BCUT2D eigenvalue weighted by Crippen LogP contribution is 2.43. The Kier molecular flexibility index (Phi) is 42.6. The van der Waals surface area contributed by atoms with Crippen molar-refractivity contribution in [1.29, 1.82) is 0 Å². The summed E-state index contributed by atoms with van der Waals surface area (Å²) in [5.41, 5.74) is 0. The third-order valence-electron chi connectivity index (χ3n) is 25.6. The van der Waals surface area contributed by atoms with E-state index in [0.717, 1.165) is 48.5 Å². The number of carboxylic acids is 2. The highest BCUT2D eigenvalue weighted by Gasteiger charge is 2.64. The third kappa shape index (κ3) is 27.1. The van der Waals surface area contributed by atoms with Crippen molar-refractivity contribution >= 4 is 53.3 Å². The van der Waals surface area contributed by atoms with Gasteiger partial charge in [0.25, 0.3) is 11.6 Å². The lowest BCUT2D eigenvalue weighted by atomic mass is 9.88. The van der Waals surface area contributed by atoms with Gasteiger partial charge < -0.3 is 275 Å². The zero-order valence-electron chi connectivity index (χ0n) is 77.8. The quantitative estimate of drug-likeness (QED) is 0.0270. The summed E-state index contributed by atoms with van der Waals surface area (Å²) in [5.74, 6) is -17.2. The number of ether oxygens (including phenoxy) is 19. The summed E-state index contributed by atoms with van der Waals surface area (Å²) < 4.78 is 113. The Morgan fingerprint density at radius 1 is 0.285 bits per heavy atom. The Hall–Kier alpha value is -6.61. The van der Waals surface area contributed by atoms with Crippen molar-refractivity contribution in [3.05, 3.63) is 0 Å². The normalized spacial score (nSPS) is 44.6. The van der Waals surface area contributed by atoms with Crippen LogP contribution in [0.2, 0.25) is 0 Å². The summed E-state index contributed by atoms with van der Waals surface area (Å²) in [6.07, 6.45) is -98.0. The summed E-state index contributed by atoms with van der Waals surface area (Å²) in [5, 5.41) is 343. The molecule has 10 fully saturated rings. The number of aliphatic hydroxyl groups excluding tert-OH is 27. The summed E-state index contributed by atoms with van der Waals surface area (Å²) in [6.45, 7) is -5.92. The highest BCUT2D eigenvalue weighted by molar-refractivity contribution is 5.78. The van der Waals surface area contributed by atoms with Gasteiger partial charge in [-0.05, 0) is 0 Å². The van der Waals surface area contributed by atoms with E-state index in [1.807, 2.05) is 0 Å². The van der Waals surface area contributed by atoms with E-state index in [2.05, 4.69) is 37.2 Å². The molecule has 0 aromatic carbocycles. The van der Waals surface area contributed by atoms with Gasteiger partial charge in [-0.2, -0.15) is 0 Å². The summed E-state index contributed by atoms with van der Waals surface area (Å²) in [6, 6.07) is -13.5. The van der Waals surface area contributed by atoms with Crippen molar-refractivity contribution in [3.8, 4) is 0 Å². The van der Waals surface area contributed by atoms with E-state index in [-0.39, 0.29) is 0 Å². The summed E-state index contributed by atoms with van der Waals surface area (Å²) in [4.78, 5) is 116. The average Bonchev–Trinajstić information content (AvgIpc) is 0.768. The maximum Gasteiger partial charge on any atom is 0.364 e. The van der Waals surface area contributed by atoms with Crippen LogP contribution >= 0.6 is 0 Å². The Balaban J connectivity index is 0.970. The van der Waals surface area contributed by atoms with Crippen LogP contribution in [-0.4, -0.2) is 585 Å². The van der Waals surface area contributed by atoms with Gasteiger partial charge in [0.05, 0.1) is 90.4 Å². The van der Waals surface area contributed by atoms with Gasteiger partial charge in [-0.3, -0.25) is 33.6 Å². The molecule has 36 N–H and O–H groups in total. The number of carboxylic acid groups (broad SMARTS) is 2. The fourth-order valence-electron chi connectivity index (χ4n) is 18.4. The number of aliphatic carboxylic acids is 2. The number of carbonyl (C=O) groups is 9. The number of amides is 7. The van der Waals surface area contributed by atoms with E-state index in [9.17, 15) is 191 Å². The number of rotatable bonds is 41. The second kappa shape index (κ2) is 51.5. The lowest BCUT2D eigenvalue weighted by molar-refractivity contribution is -0.386. The molecule has 10 heterocycles. The molecule has 0 spiro atoms. The van der Waals surface area contributed by atoms with Crippen LogP contribution in [0.1, 0.15) is 61.3 Å². The van der Waals surface area contributed by atoms with Crippen LogP contribution < -0.4 is 37.2 Å². The van der Waals surface area contributed by atoms with Crippen LogP contribution in [0.5, 0.6) is 0 Å². The van der Waals surface area contributed by atoms with E-state index in [1.165, 1.54) is 0 Å². The van der Waals surface area contributed by atoms with Crippen LogP contribution in [0, 0.1) is 0 Å². The van der Waals surface area contributed by atoms with Gasteiger partial charge in [-0.25, -0.2) is 9.59 Å². The summed E-state index contributed by atoms with van der Waals surface area (Å²) in [7, 11) is 0. The Bertz CT molecular complexity index is 4200. The van der Waals surface area contributed by atoms with Crippen molar-refractivity contribution in [2.75, 3.05) is 66.1 Å². The minimum Gasteiger partial charge on any atom is -0.477 e. The summed E-state index contributed by atoms with van der Waals surface area (Å²) >= 11 is 0. The van der Waals surface area contributed by atoms with Crippen molar-refractivity contribution in [2.45, 2.75) is 379 Å². The lowest BCUT2D eigenvalue weighted by Crippen LogP contribution is -2.71. The molecular formula is C80H131N7O57. The number of hydrogen-bond donors (Lipinski definition) is 36. The van der Waals surface area contributed by atoms with E-state index in [1.54, 1.807) is 0 Å². The fourth-order valence-corrected chi connectivity index (χ4v) is 18.4. The molecule has 64 nitrogen and oxygen atoms in total. The molecule has 0 unspecified atom stereocenters. The molecule has 0 bridgehead atoms. The van der Waals surface area contributed by atoms with Gasteiger partial charge in [0.1, 0.15) is 232 Å². The number of carbonyl (C=O) groups excluding carboxylic acids is 7. The molecule has 0 radical (unpaired) electrons. The average molecular weight is 2100 g/mol. The largest absolute Gasteiger partial charge is 0.477 e. The van der Waals surface area contributed by atoms with Gasteiger partial charge in [0.15, 0.2) is 50.3 Å². The molecule has 0 aliphatic carbocycles. The van der Waals surface area contributed by atoms with Crippen LogP contribution in [0.4, 0.5) is 0 Å². The van der Waals surface area contributed by atoms with E-state index in [4.69, 9.17) is 90.0 Å². The Morgan fingerprint density at radius 3 is 0.965 bits per heavy atom. The minimum absolute atomic E-state index is 0.851. The number of hydrogen-bond acceptors (Lipinski definition) is 55. The Labute approximate surface area is 814 Å². The van der Waals surface area contributed by atoms with Crippen LogP contribution in [-0.2, 0) is 133 Å². The molecule has 0 saturated carbocycles. The Morgan fingerprint density at radius 2 is 0.562 bits per heavy atom. The molecule has 144 heavy (non-hydrogen) atoms. The second-order valence-corrected chi connectivity index (χ2v) is 36.1. The molecule has 52 atom stereocenters. The SMILES string of the molecule is CC(=O)N[C@@H]1[C@@H](O[C@@H]2O[C@H](CO)[C@@H](O[C@@H]3O[C@H](CO[C@@H]4O[C@H](CO)[C@@H](O[C@@H]5O[C@H](CO[C@]6(C(=O)O)C[C@H](O)[C@@H](NC(C)=O)[C@H]([C@H](O)[C@H](O)CO)O6)[C@H](O)[C@H](O)[C@H]5O)[C@H](O)[C@H]4NC(C)=O)[C@H](O)[C@H](O[C@@H]4O[C@H](CO)[C@@H](O)[C@H](O[C@@H]5O[C@H](CO)[C@H](O)[C@H](O[C@H]6O[C@H](CO)[C@H](O)[C@H](O)[C@H]6NC(C)=O)[C@H]5O)[C@H]4NC(C)=O)[C@H]3O)[C@H](O)[C@H]2NC(C)=O)[C@@H](O)[C@@H](CO[C@]2(C(=O)O)C[C@H](O)[C@@H](NC(C)=O)[C@H]([C@H](O)[C@H](O)CO)O2)O[C@@H]1O. The fraction of sp³-hybridized carbons (Fsp3) is 0.887. The van der Waals surface area contributed by atoms with Gasteiger partial charge in [0.2, 0.25) is 41.4 Å². The highest BCUT2D eigenvalue weighted by atomic mass is 16.8. The van der Waals surface area contributed by atoms with Crippen molar-refractivity contribution in [2.24, 2.45) is 0 Å². The van der Waals surface area contributed by atoms with Crippen molar-refractivity contribution < 1.29 is 281 Å². The molecule has 64 heteroatoms. The maximum absolute atomic E-state index is 13.6. The molecule has 10 aliphatic heterocycles. The van der Waals surface area contributed by atoms with Gasteiger partial charge in [-0.15, -0.1) is 0 Å². The van der Waals surface area contributed by atoms with Crippen molar-refractivity contribution in [3.63, 3.8) is 0 Å². The zero-order chi connectivity index (χ0) is 107. The van der Waals surface area contributed by atoms with Gasteiger partial charge in [-0.1, -0.05) is 0 Å². The monoisotopic (exact) mass is 2100 g/mol. The first-order valence-corrected chi connectivity index (χ1v) is 45.4. The van der Waals surface area contributed by atoms with E-state index < -0.39 is 450 Å². The molecule has 7 amide bonds. The van der Waals surface area contributed by atoms with Crippen LogP contribution in [0.3, 0.4) is 0 Å². The predicted molar refractivity (Wildman–Crippen MR) is 445 cm³/mol. The van der Waals surface area contributed by atoms with E-state index in [0.29, 0.717) is 0 Å². The molecule has 0 aromatic heterocycles. The second-order valence-electron chi connectivity index (χ2n) is 36.1. The van der Waals surface area contributed by atoms with Crippen molar-refractivity contribution in [1.82, 2.24) is 37.2 Å². The smallest absolute Gasteiger partial charge is 0.364 e. The standard InChI is InChI=1S/C80H131N7O57/c1-20(95)81-39-27(102)8-79(77(122)123,143-65(39)46(106)29(104)10-88)127-18-37-49(109)57(117)58(118)74(136-37)137-61-34(15-93)133-70(42(55(61)115)84-23(4)98)126-17-36-53(113)68(142-73-45(87-26(7)101)64(50(110)32(13-91)131-73)140-75-59(119)67(51(111)33(14-92)132-75)141-71-41(83-22(3)97)54(114)48(108)31(12-90)130-71)60(120)76(135-36)138-62-35(16-94)134-72(43(56(62)116)85-24(5)99)139-63-44(86-25(6)100)69(121)129-38(52(63)112)19-128-80(78(124)125)9-28(103)40(82-21(2)96)66(144-80)47(107)30(105)11-89/h27-76,88-94,102-121H,8-19H2,1-7H3,(H,81,95)(H,82,96)(H,83,97)(H,84,98)(H,85,99)(H,86,100)(H,87,101)(H,122,123)(H,124,125)/t27-,28-,29+,30+,31+,32+,33+,34+,35+,36+,37+,38+,39+,40+,41+,42+,43+,44+,45+,46+,47+,48-,49-,50+,51-,52-,53-,54+,55+,56+,57-,58+,59+,60+,61+,62+,63+,64+,65+,66+,67-,68-,69-,70+,71+,72-,73-,74-,75-,76-,79+,80+/m0/s1. The first kappa shape index (κ1) is 119. The van der Waals surface area contributed by atoms with Gasteiger partial charge >= 0.3 is 11.9 Å². The molecule has 10 rings (SSSR count). The van der Waals surface area contributed by atoms with E-state index >= 15 is 0 Å². The first-order valence-electron chi connectivity index (χ1n) is 45.4. The first-order chi connectivity index (χ1) is 67.7. The topological polar surface area (TPSA) is 1000 Å². The number of aliphatic hydroxyl groups is 27. The third-order valence-corrected chi connectivity index (χ3v) is 25.6. The maximum atomic E-state index is 13.6. The van der Waals surface area contributed by atoms with Crippen LogP contribution in [0.25, 0.3) is 0 Å². The van der Waals surface area contributed by atoms with Crippen LogP contribution in [0.15, 0.2) is 0 Å². The van der Waals surface area contributed by atoms with Gasteiger partial charge in [0, 0.05) is 61.3 Å². The molecule has 828 valence electrons. The number of nitrogens with one attached hydrogen (secondary N) is 7. The lowest BCUT2D eigenvalue weighted by Gasteiger charge is -2.51. The molecule has 10 aliphatic rings. The molecule has 10 saturated heterocycles. The zero-order valence-corrected chi connectivity index (χ0v) is 77.8. The molecular weight excluding hydrogens is 1970 g/mol. The molecule has 0 aromatic rings. The predicted octanol–water partition coefficient (Wildman–Crippen LogP) is -23.4. The minimum atomic E-state index is -3.15.